The van der Waals surface area contributed by atoms with Crippen molar-refractivity contribution in [3.8, 4) is 0 Å². The molecule has 0 spiro atoms. The second-order valence-electron chi connectivity index (χ2n) is 3.64. The molecule has 18 heavy (non-hydrogen) atoms. The van der Waals surface area contributed by atoms with Gasteiger partial charge in [0.05, 0.1) is 0 Å². The highest BCUT2D eigenvalue weighted by atomic mass is 35.5. The van der Waals surface area contributed by atoms with Crippen LogP contribution in [0.5, 0.6) is 0 Å². The molecule has 92 valence electrons. The predicted octanol–water partition coefficient (Wildman–Crippen LogP) is 3.73. The number of nitrogens with zero attached hydrogens (tertiary/aromatic N) is 1. The number of carbonyl (C=O) groups excluding carboxylic acids is 1. The maximum absolute atomic E-state index is 11.9. The minimum atomic E-state index is -0.231. The molecular formula is C13H10Cl2N2O. The zero-order chi connectivity index (χ0) is 13.0. The van der Waals surface area contributed by atoms with Crippen LogP contribution in [-0.4, -0.2) is 10.9 Å². The number of alkyl halides is 1. The Bertz CT molecular complexity index is 555. The van der Waals surface area contributed by atoms with Crippen molar-refractivity contribution in [3.05, 3.63) is 58.7 Å². The summed E-state index contributed by atoms with van der Waals surface area (Å²) in [5.41, 5.74) is 1.51. The molecule has 0 bridgehead atoms. The number of carbonyl (C=O) groups is 1. The summed E-state index contributed by atoms with van der Waals surface area (Å²) in [4.78, 5) is 15.9. The summed E-state index contributed by atoms with van der Waals surface area (Å²) in [5, 5.41) is 3.19. The van der Waals surface area contributed by atoms with Gasteiger partial charge in [-0.2, -0.15) is 0 Å². The molecule has 2 rings (SSSR count). The molecule has 1 aromatic carbocycles. The molecule has 1 N–H and O–H groups in total. The maximum atomic E-state index is 11.9. The van der Waals surface area contributed by atoms with Crippen LogP contribution in [0.3, 0.4) is 0 Å². The lowest BCUT2D eigenvalue weighted by Crippen LogP contribution is -2.12. The summed E-state index contributed by atoms with van der Waals surface area (Å²) in [5.74, 6) is 0.623. The van der Waals surface area contributed by atoms with E-state index in [0.717, 1.165) is 5.56 Å². The lowest BCUT2D eigenvalue weighted by molar-refractivity contribution is 0.102. The number of anilines is 1. The van der Waals surface area contributed by atoms with Crippen molar-refractivity contribution in [2.45, 2.75) is 5.88 Å². The first-order valence-corrected chi connectivity index (χ1v) is 6.18. The Balaban J connectivity index is 2.11. The van der Waals surface area contributed by atoms with E-state index in [4.69, 9.17) is 23.2 Å². The first-order chi connectivity index (χ1) is 8.69. The van der Waals surface area contributed by atoms with E-state index in [9.17, 15) is 4.79 Å². The van der Waals surface area contributed by atoms with E-state index in [1.165, 1.54) is 6.20 Å². The van der Waals surface area contributed by atoms with Crippen LogP contribution in [0.2, 0.25) is 5.02 Å². The van der Waals surface area contributed by atoms with Crippen LogP contribution in [0.15, 0.2) is 42.6 Å². The lowest BCUT2D eigenvalue weighted by Gasteiger charge is -2.05. The fourth-order valence-electron chi connectivity index (χ4n) is 1.41. The van der Waals surface area contributed by atoms with E-state index in [-0.39, 0.29) is 5.91 Å². The minimum absolute atomic E-state index is 0.231. The molecule has 0 saturated carbocycles. The Morgan fingerprint density at radius 1 is 1.22 bits per heavy atom. The summed E-state index contributed by atoms with van der Waals surface area (Å²) < 4.78 is 0. The molecule has 1 aromatic heterocycles. The van der Waals surface area contributed by atoms with Crippen molar-refractivity contribution in [2.75, 3.05) is 5.32 Å². The van der Waals surface area contributed by atoms with Crippen LogP contribution in [0.1, 0.15) is 15.9 Å². The standard InChI is InChI=1S/C13H10Cl2N2O/c14-8-9-1-3-10(4-2-9)13(18)17-12-7-11(15)5-6-16-12/h1-7H,8H2,(H,16,17,18). The fourth-order valence-corrected chi connectivity index (χ4v) is 1.74. The number of amides is 1. The van der Waals surface area contributed by atoms with E-state index >= 15 is 0 Å². The molecule has 3 nitrogen and oxygen atoms in total. The third-order valence-corrected chi connectivity index (χ3v) is 2.88. The molecule has 2 aromatic rings. The van der Waals surface area contributed by atoms with Gasteiger partial charge in [-0.05, 0) is 29.8 Å². The smallest absolute Gasteiger partial charge is 0.256 e. The first-order valence-electron chi connectivity index (χ1n) is 5.27. The third-order valence-electron chi connectivity index (χ3n) is 2.33. The van der Waals surface area contributed by atoms with Crippen molar-refractivity contribution in [1.82, 2.24) is 4.98 Å². The molecule has 0 aliphatic rings. The monoisotopic (exact) mass is 280 g/mol. The van der Waals surface area contributed by atoms with Crippen LogP contribution in [0.25, 0.3) is 0 Å². The highest BCUT2D eigenvalue weighted by molar-refractivity contribution is 6.30. The normalized spacial score (nSPS) is 10.1. The van der Waals surface area contributed by atoms with Crippen molar-refractivity contribution < 1.29 is 4.79 Å². The van der Waals surface area contributed by atoms with Crippen molar-refractivity contribution in [3.63, 3.8) is 0 Å². The number of pyridine rings is 1. The Hall–Kier alpha value is -1.58. The molecule has 0 fully saturated rings. The molecule has 0 aliphatic heterocycles. The quantitative estimate of drug-likeness (QED) is 0.871. The molecule has 0 radical (unpaired) electrons. The SMILES string of the molecule is O=C(Nc1cc(Cl)ccn1)c1ccc(CCl)cc1. The van der Waals surface area contributed by atoms with Gasteiger partial charge in [0.2, 0.25) is 0 Å². The molecule has 5 heteroatoms. The number of hydrogen-bond acceptors (Lipinski definition) is 2. The van der Waals surface area contributed by atoms with Gasteiger partial charge >= 0.3 is 0 Å². The van der Waals surface area contributed by atoms with Gasteiger partial charge in [0.1, 0.15) is 5.82 Å². The summed E-state index contributed by atoms with van der Waals surface area (Å²) >= 11 is 11.5. The average Bonchev–Trinajstić information content (AvgIpc) is 2.39. The van der Waals surface area contributed by atoms with Gasteiger partial charge in [0, 0.05) is 22.7 Å². The van der Waals surface area contributed by atoms with Gasteiger partial charge in [-0.1, -0.05) is 23.7 Å². The predicted molar refractivity (Wildman–Crippen MR) is 73.2 cm³/mol. The molecule has 0 saturated heterocycles. The maximum Gasteiger partial charge on any atom is 0.256 e. The van der Waals surface area contributed by atoms with Gasteiger partial charge in [-0.3, -0.25) is 4.79 Å². The number of benzene rings is 1. The third kappa shape index (κ3) is 3.22. The second kappa shape index (κ2) is 5.85. The molecule has 0 unspecified atom stereocenters. The lowest BCUT2D eigenvalue weighted by atomic mass is 10.1. The van der Waals surface area contributed by atoms with Gasteiger partial charge in [0.15, 0.2) is 0 Å². The van der Waals surface area contributed by atoms with E-state index in [1.54, 1.807) is 24.3 Å². The largest absolute Gasteiger partial charge is 0.307 e. The van der Waals surface area contributed by atoms with E-state index in [1.807, 2.05) is 12.1 Å². The van der Waals surface area contributed by atoms with Gasteiger partial charge in [-0.25, -0.2) is 4.98 Å². The Morgan fingerprint density at radius 2 is 1.94 bits per heavy atom. The van der Waals surface area contributed by atoms with Crippen LogP contribution in [-0.2, 0) is 5.88 Å². The zero-order valence-corrected chi connectivity index (χ0v) is 10.9. The number of nitrogens with one attached hydrogen (secondary N) is 1. The fraction of sp³-hybridized carbons (Fsp3) is 0.0769. The molecule has 1 heterocycles. The average molecular weight is 281 g/mol. The van der Waals surface area contributed by atoms with Crippen LogP contribution >= 0.6 is 23.2 Å². The number of hydrogen-bond donors (Lipinski definition) is 1. The molecule has 0 atom stereocenters. The molecule has 1 amide bonds. The number of rotatable bonds is 3. The second-order valence-corrected chi connectivity index (χ2v) is 4.35. The Labute approximate surface area is 115 Å². The number of aromatic nitrogens is 1. The van der Waals surface area contributed by atoms with Gasteiger partial charge in [0.25, 0.3) is 5.91 Å². The number of halogens is 2. The summed E-state index contributed by atoms with van der Waals surface area (Å²) in [6, 6.07) is 10.3. The molecular weight excluding hydrogens is 271 g/mol. The van der Waals surface area contributed by atoms with Gasteiger partial charge < -0.3 is 5.32 Å². The van der Waals surface area contributed by atoms with E-state index in [2.05, 4.69) is 10.3 Å². The summed E-state index contributed by atoms with van der Waals surface area (Å²) in [6.07, 6.45) is 1.54. The highest BCUT2D eigenvalue weighted by Crippen LogP contribution is 2.13. The van der Waals surface area contributed by atoms with Crippen molar-refractivity contribution in [2.24, 2.45) is 0 Å². The Kier molecular flexibility index (Phi) is 4.18. The van der Waals surface area contributed by atoms with Crippen molar-refractivity contribution in [1.29, 1.82) is 0 Å². The zero-order valence-electron chi connectivity index (χ0n) is 9.36. The van der Waals surface area contributed by atoms with E-state index in [0.29, 0.717) is 22.3 Å². The van der Waals surface area contributed by atoms with Gasteiger partial charge in [-0.15, -0.1) is 11.6 Å². The van der Waals surface area contributed by atoms with Crippen LogP contribution in [0, 0.1) is 0 Å². The highest BCUT2D eigenvalue weighted by Gasteiger charge is 2.06. The Morgan fingerprint density at radius 3 is 2.56 bits per heavy atom. The minimum Gasteiger partial charge on any atom is -0.307 e. The van der Waals surface area contributed by atoms with E-state index < -0.39 is 0 Å². The topological polar surface area (TPSA) is 42.0 Å². The summed E-state index contributed by atoms with van der Waals surface area (Å²) in [7, 11) is 0. The summed E-state index contributed by atoms with van der Waals surface area (Å²) in [6.45, 7) is 0. The first kappa shape index (κ1) is 12.9. The van der Waals surface area contributed by atoms with Crippen LogP contribution < -0.4 is 5.32 Å². The van der Waals surface area contributed by atoms with Crippen LogP contribution in [0.4, 0.5) is 5.82 Å². The molecule has 0 aliphatic carbocycles. The van der Waals surface area contributed by atoms with Crippen molar-refractivity contribution >= 4 is 34.9 Å².